The van der Waals surface area contributed by atoms with Crippen molar-refractivity contribution in [1.29, 1.82) is 0 Å². The maximum absolute atomic E-state index is 12.0. The molecular weight excluding hydrogens is 444 g/mol. The first-order valence-electron chi connectivity index (χ1n) is 13.4. The zero-order valence-electron chi connectivity index (χ0n) is 24.1. The molecule has 2 aliphatic carbocycles. The fourth-order valence-corrected chi connectivity index (χ4v) is 3.74. The van der Waals surface area contributed by atoms with Crippen molar-refractivity contribution in [1.82, 2.24) is 0 Å². The van der Waals surface area contributed by atoms with Crippen LogP contribution < -0.4 is 4.74 Å². The predicted molar refractivity (Wildman–Crippen MR) is 146 cm³/mol. The summed E-state index contributed by atoms with van der Waals surface area (Å²) in [6.07, 6.45) is 9.40. The van der Waals surface area contributed by atoms with Crippen molar-refractivity contribution < 1.29 is 18.3 Å². The molecule has 0 aliphatic heterocycles. The average Bonchev–Trinajstić information content (AvgIpc) is 3.62. The van der Waals surface area contributed by atoms with Crippen LogP contribution in [0.5, 0.6) is 5.75 Å². The van der Waals surface area contributed by atoms with E-state index in [1.165, 1.54) is 38.2 Å². The number of alkyl halides is 2. The van der Waals surface area contributed by atoms with Crippen molar-refractivity contribution in [2.24, 2.45) is 21.7 Å². The number of carbonyl (C=O) groups excluding carboxylic acids is 1. The van der Waals surface area contributed by atoms with E-state index in [4.69, 9.17) is 0 Å². The summed E-state index contributed by atoms with van der Waals surface area (Å²) in [5.41, 5.74) is 3.63. The molecule has 0 aromatic heterocycles. The molecule has 2 fully saturated rings. The SMILES string of the molecule is CC.CC1(C)CCC1.CCC(=O)CC(C)(C)C1CC1.CCC(C)=Nc1ccc(OC(F)F)cc1C. The fraction of sp³-hybridized carbons (Fsp3) is 0.733. The summed E-state index contributed by atoms with van der Waals surface area (Å²) in [7, 11) is 0. The van der Waals surface area contributed by atoms with Gasteiger partial charge in [-0.3, -0.25) is 9.79 Å². The monoisotopic (exact) mass is 495 g/mol. The summed E-state index contributed by atoms with van der Waals surface area (Å²) >= 11 is 0. The molecule has 0 heterocycles. The summed E-state index contributed by atoms with van der Waals surface area (Å²) in [6, 6.07) is 4.75. The van der Waals surface area contributed by atoms with E-state index in [2.05, 4.69) is 37.4 Å². The van der Waals surface area contributed by atoms with Crippen molar-refractivity contribution in [2.45, 2.75) is 127 Å². The lowest BCUT2D eigenvalue weighted by atomic mass is 9.72. The van der Waals surface area contributed by atoms with E-state index >= 15 is 0 Å². The minimum absolute atomic E-state index is 0.167. The molecule has 0 atom stereocenters. The molecule has 2 saturated carbocycles. The number of halogens is 2. The van der Waals surface area contributed by atoms with Gasteiger partial charge in [0.25, 0.3) is 0 Å². The van der Waals surface area contributed by atoms with Crippen molar-refractivity contribution in [2.75, 3.05) is 0 Å². The van der Waals surface area contributed by atoms with Gasteiger partial charge < -0.3 is 4.74 Å². The highest BCUT2D eigenvalue weighted by Gasteiger charge is 2.38. The van der Waals surface area contributed by atoms with Crippen molar-refractivity contribution in [3.05, 3.63) is 23.8 Å². The van der Waals surface area contributed by atoms with Gasteiger partial charge in [-0.25, -0.2) is 0 Å². The van der Waals surface area contributed by atoms with E-state index in [1.54, 1.807) is 12.1 Å². The Labute approximate surface area is 214 Å². The topological polar surface area (TPSA) is 38.7 Å². The van der Waals surface area contributed by atoms with E-state index < -0.39 is 6.61 Å². The summed E-state index contributed by atoms with van der Waals surface area (Å²) in [5, 5.41) is 0. The van der Waals surface area contributed by atoms with Gasteiger partial charge in [0.05, 0.1) is 5.69 Å². The van der Waals surface area contributed by atoms with Crippen molar-refractivity contribution in [3.63, 3.8) is 0 Å². The van der Waals surface area contributed by atoms with Crippen LogP contribution in [-0.4, -0.2) is 18.1 Å². The Morgan fingerprint density at radius 2 is 1.69 bits per heavy atom. The third kappa shape index (κ3) is 14.4. The molecule has 3 rings (SSSR count). The number of ether oxygens (including phenoxy) is 1. The van der Waals surface area contributed by atoms with Crippen molar-refractivity contribution >= 4 is 17.2 Å². The number of hydrogen-bond donors (Lipinski definition) is 0. The Morgan fingerprint density at radius 1 is 1.14 bits per heavy atom. The maximum Gasteiger partial charge on any atom is 0.387 e. The number of aliphatic imine (C=N–C) groups is 1. The lowest BCUT2D eigenvalue weighted by Gasteiger charge is -2.33. The first-order chi connectivity index (χ1) is 16.3. The van der Waals surface area contributed by atoms with Gasteiger partial charge in [-0.15, -0.1) is 0 Å². The van der Waals surface area contributed by atoms with Crippen LogP contribution in [0.25, 0.3) is 0 Å². The molecule has 0 N–H and O–H groups in total. The molecule has 0 amide bonds. The van der Waals surface area contributed by atoms with E-state index in [1.807, 2.05) is 41.5 Å². The summed E-state index contributed by atoms with van der Waals surface area (Å²) in [5.74, 6) is 1.42. The molecular formula is C30H51F2NO2. The fourth-order valence-electron chi connectivity index (χ4n) is 3.74. The lowest BCUT2D eigenvalue weighted by Crippen LogP contribution is -2.20. The summed E-state index contributed by atoms with van der Waals surface area (Å²) in [4.78, 5) is 15.5. The number of ketones is 1. The Kier molecular flexibility index (Phi) is 15.2. The highest BCUT2D eigenvalue weighted by Crippen LogP contribution is 2.47. The van der Waals surface area contributed by atoms with Crippen LogP contribution in [0.15, 0.2) is 23.2 Å². The van der Waals surface area contributed by atoms with Crippen LogP contribution in [0.1, 0.15) is 119 Å². The normalized spacial score (nSPS) is 16.4. The van der Waals surface area contributed by atoms with Crippen molar-refractivity contribution in [3.8, 4) is 5.75 Å². The third-order valence-electron chi connectivity index (χ3n) is 6.65. The van der Waals surface area contributed by atoms with Gasteiger partial charge >= 0.3 is 6.61 Å². The minimum atomic E-state index is -2.79. The van der Waals surface area contributed by atoms with Crippen LogP contribution in [0.3, 0.4) is 0 Å². The third-order valence-corrected chi connectivity index (χ3v) is 6.65. The number of benzene rings is 1. The van der Waals surface area contributed by atoms with Gasteiger partial charge in [-0.2, -0.15) is 8.78 Å². The molecule has 2 aliphatic rings. The molecule has 1 aromatic carbocycles. The summed E-state index contributed by atoms with van der Waals surface area (Å²) in [6.45, 7) is 18.0. The largest absolute Gasteiger partial charge is 0.435 e. The van der Waals surface area contributed by atoms with Gasteiger partial charge in [0.2, 0.25) is 0 Å². The maximum atomic E-state index is 12.0. The Hall–Kier alpha value is -1.78. The standard InChI is InChI=1S/C12H15F2NO.C10H18O.C6H12.C2H6/c1-4-9(3)15-11-6-5-10(7-8(11)2)16-12(13)14;1-4-9(11)7-10(2,3)8-5-6-8;1-6(2)4-3-5-6;1-2/h5-7,12H,4H2,1-3H3;8H,4-7H2,1-3H3;3-5H2,1-2H3;1-2H3. The van der Waals surface area contributed by atoms with Gasteiger partial charge in [-0.1, -0.05) is 61.8 Å². The van der Waals surface area contributed by atoms with Gasteiger partial charge in [0, 0.05) is 18.6 Å². The number of hydrogen-bond acceptors (Lipinski definition) is 3. The zero-order chi connectivity index (χ0) is 27.2. The molecule has 35 heavy (non-hydrogen) atoms. The quantitative estimate of drug-likeness (QED) is 0.336. The van der Waals surface area contributed by atoms with Crippen LogP contribution in [0.2, 0.25) is 0 Å². The Balaban J connectivity index is 0.000000523. The first kappa shape index (κ1) is 33.2. The van der Waals surface area contributed by atoms with Crippen LogP contribution in [0.4, 0.5) is 14.5 Å². The Morgan fingerprint density at radius 3 is 2.03 bits per heavy atom. The summed E-state index contributed by atoms with van der Waals surface area (Å²) < 4.78 is 28.2. The second-order valence-corrected chi connectivity index (χ2v) is 10.9. The molecule has 0 spiro atoms. The highest BCUT2D eigenvalue weighted by molar-refractivity contribution is 5.84. The molecule has 3 nitrogen and oxygen atoms in total. The van der Waals surface area contributed by atoms with E-state index in [0.29, 0.717) is 12.2 Å². The van der Waals surface area contributed by atoms with E-state index in [9.17, 15) is 13.6 Å². The van der Waals surface area contributed by atoms with Gasteiger partial charge in [0.1, 0.15) is 11.5 Å². The number of Topliss-reactive ketones (excluding diaryl/α,β-unsaturated/α-hetero) is 1. The second kappa shape index (κ2) is 16.1. The zero-order valence-corrected chi connectivity index (χ0v) is 24.1. The number of carbonyl (C=O) groups is 1. The average molecular weight is 496 g/mol. The molecule has 202 valence electrons. The van der Waals surface area contributed by atoms with E-state index in [-0.39, 0.29) is 11.2 Å². The van der Waals surface area contributed by atoms with Crippen LogP contribution >= 0.6 is 0 Å². The smallest absolute Gasteiger partial charge is 0.387 e. The molecule has 0 saturated heterocycles. The molecule has 1 aromatic rings. The van der Waals surface area contributed by atoms with Gasteiger partial charge in [-0.05, 0) is 86.5 Å². The molecule has 0 bridgehead atoms. The van der Waals surface area contributed by atoms with Crippen LogP contribution in [0, 0.1) is 23.7 Å². The molecule has 5 heteroatoms. The Bertz CT molecular complexity index is 775. The minimum Gasteiger partial charge on any atom is -0.435 e. The lowest BCUT2D eigenvalue weighted by molar-refractivity contribution is -0.120. The number of aryl methyl sites for hydroxylation is 1. The van der Waals surface area contributed by atoms with Gasteiger partial charge in [0.15, 0.2) is 0 Å². The van der Waals surface area contributed by atoms with E-state index in [0.717, 1.165) is 41.1 Å². The second-order valence-electron chi connectivity index (χ2n) is 10.9. The number of nitrogens with zero attached hydrogens (tertiary/aromatic N) is 1. The number of rotatable bonds is 8. The molecule has 0 radical (unpaired) electrons. The highest BCUT2D eigenvalue weighted by atomic mass is 19.3. The van der Waals surface area contributed by atoms with Crippen LogP contribution in [-0.2, 0) is 4.79 Å². The predicted octanol–water partition coefficient (Wildman–Crippen LogP) is 10.1. The first-order valence-corrected chi connectivity index (χ1v) is 13.4. The molecule has 0 unspecified atom stereocenters.